The number of nitrogens with one attached hydrogen (secondary N) is 1. The Balaban J connectivity index is 2.48. The van der Waals surface area contributed by atoms with Gasteiger partial charge in [0.1, 0.15) is 11.3 Å². The van der Waals surface area contributed by atoms with Gasteiger partial charge in [0.05, 0.1) is 6.04 Å². The van der Waals surface area contributed by atoms with Crippen molar-refractivity contribution in [3.8, 4) is 0 Å². The van der Waals surface area contributed by atoms with E-state index in [1.54, 1.807) is 0 Å². The van der Waals surface area contributed by atoms with Crippen LogP contribution in [0.4, 0.5) is 0 Å². The number of hydrazine groups is 1. The first-order valence-electron chi connectivity index (χ1n) is 7.06. The highest BCUT2D eigenvalue weighted by molar-refractivity contribution is 5.78. The summed E-state index contributed by atoms with van der Waals surface area (Å²) in [5, 5.41) is 1.12. The lowest BCUT2D eigenvalue weighted by Gasteiger charge is -2.41. The first kappa shape index (κ1) is 15.0. The lowest BCUT2D eigenvalue weighted by molar-refractivity contribution is 0.102. The predicted molar refractivity (Wildman–Crippen MR) is 83.4 cm³/mol. The monoisotopic (exact) mass is 275 g/mol. The molecule has 0 saturated carbocycles. The van der Waals surface area contributed by atoms with E-state index in [1.807, 2.05) is 6.07 Å². The summed E-state index contributed by atoms with van der Waals surface area (Å²) in [5.74, 6) is 6.70. The molecule has 3 N–H and O–H groups in total. The number of aryl methyl sites for hydroxylation is 1. The number of nitrogens with zero attached hydrogens (tertiary/aromatic N) is 1. The summed E-state index contributed by atoms with van der Waals surface area (Å²) in [4.78, 5) is 2.19. The molecule has 0 fully saturated rings. The van der Waals surface area contributed by atoms with Gasteiger partial charge in [-0.3, -0.25) is 5.84 Å². The number of rotatable bonds is 5. The average molecular weight is 275 g/mol. The Bertz CT molecular complexity index is 590. The zero-order valence-corrected chi connectivity index (χ0v) is 13.0. The minimum Gasteiger partial charge on any atom is -0.459 e. The van der Waals surface area contributed by atoms with Crippen LogP contribution < -0.4 is 11.3 Å². The summed E-state index contributed by atoms with van der Waals surface area (Å²) < 4.78 is 6.01. The smallest absolute Gasteiger partial charge is 0.134 e. The zero-order valence-electron chi connectivity index (χ0n) is 13.0. The highest BCUT2D eigenvalue weighted by atomic mass is 16.3. The summed E-state index contributed by atoms with van der Waals surface area (Å²) in [6.45, 7) is 6.44. The van der Waals surface area contributed by atoms with Gasteiger partial charge in [-0.05, 0) is 52.6 Å². The van der Waals surface area contributed by atoms with Crippen molar-refractivity contribution >= 4 is 11.0 Å². The van der Waals surface area contributed by atoms with Crippen LogP contribution in [0.5, 0.6) is 0 Å². The number of hydrogen-bond donors (Lipinski definition) is 2. The van der Waals surface area contributed by atoms with Crippen molar-refractivity contribution in [1.29, 1.82) is 0 Å². The van der Waals surface area contributed by atoms with Gasteiger partial charge < -0.3 is 9.32 Å². The van der Waals surface area contributed by atoms with Gasteiger partial charge in [-0.15, -0.1) is 0 Å². The van der Waals surface area contributed by atoms with Crippen LogP contribution >= 0.6 is 0 Å². The number of nitrogens with two attached hydrogens (primary N) is 1. The molecule has 4 heteroatoms. The molecule has 0 saturated heterocycles. The predicted octanol–water partition coefficient (Wildman–Crippen LogP) is 2.98. The summed E-state index contributed by atoms with van der Waals surface area (Å²) >= 11 is 0. The molecule has 0 aliphatic heterocycles. The lowest BCUT2D eigenvalue weighted by Crippen LogP contribution is -2.52. The largest absolute Gasteiger partial charge is 0.459 e. The molecular formula is C16H25N3O. The Hall–Kier alpha value is -1.36. The van der Waals surface area contributed by atoms with Crippen LogP contribution in [-0.4, -0.2) is 24.5 Å². The minimum atomic E-state index is -0.113. The van der Waals surface area contributed by atoms with Crippen LogP contribution in [0, 0.1) is 6.92 Å². The third-order valence-corrected chi connectivity index (χ3v) is 4.50. The molecule has 0 spiro atoms. The second kappa shape index (κ2) is 5.56. The molecule has 20 heavy (non-hydrogen) atoms. The van der Waals surface area contributed by atoms with Crippen molar-refractivity contribution in [2.75, 3.05) is 14.1 Å². The van der Waals surface area contributed by atoms with E-state index in [0.717, 1.165) is 23.2 Å². The molecule has 0 radical (unpaired) electrons. The van der Waals surface area contributed by atoms with Crippen LogP contribution in [-0.2, 0) is 0 Å². The number of hydrogen-bond acceptors (Lipinski definition) is 4. The fourth-order valence-electron chi connectivity index (χ4n) is 2.67. The molecule has 2 unspecified atom stereocenters. The molecule has 0 aliphatic carbocycles. The van der Waals surface area contributed by atoms with Gasteiger partial charge >= 0.3 is 0 Å². The SMILES string of the molecule is CCC(C)(C(NN)c1cc2cc(C)ccc2o1)N(C)C. The van der Waals surface area contributed by atoms with Crippen molar-refractivity contribution in [3.05, 3.63) is 35.6 Å². The number of furan rings is 1. The quantitative estimate of drug-likeness (QED) is 0.650. The number of likely N-dealkylation sites (N-methyl/N-ethyl adjacent to an activating group) is 1. The molecule has 1 aromatic carbocycles. The Morgan fingerprint density at radius 2 is 2.05 bits per heavy atom. The summed E-state index contributed by atoms with van der Waals surface area (Å²) in [5.41, 5.74) is 4.95. The number of fused-ring (bicyclic) bond motifs is 1. The third-order valence-electron chi connectivity index (χ3n) is 4.50. The van der Waals surface area contributed by atoms with E-state index < -0.39 is 0 Å². The summed E-state index contributed by atoms with van der Waals surface area (Å²) in [6, 6.07) is 8.24. The maximum atomic E-state index is 6.01. The van der Waals surface area contributed by atoms with Gasteiger partial charge in [-0.25, -0.2) is 5.43 Å². The Labute approximate surface area is 120 Å². The molecule has 0 amide bonds. The van der Waals surface area contributed by atoms with E-state index in [0.29, 0.717) is 0 Å². The van der Waals surface area contributed by atoms with Gasteiger partial charge in [-0.2, -0.15) is 0 Å². The molecule has 2 rings (SSSR count). The van der Waals surface area contributed by atoms with Crippen LogP contribution in [0.2, 0.25) is 0 Å². The normalized spacial score (nSPS) is 16.6. The average Bonchev–Trinajstić information content (AvgIpc) is 2.81. The van der Waals surface area contributed by atoms with Crippen LogP contribution in [0.1, 0.15) is 37.6 Å². The van der Waals surface area contributed by atoms with Crippen molar-refractivity contribution in [2.24, 2.45) is 5.84 Å². The van der Waals surface area contributed by atoms with Crippen molar-refractivity contribution in [3.63, 3.8) is 0 Å². The van der Waals surface area contributed by atoms with Crippen molar-refractivity contribution < 1.29 is 4.42 Å². The molecule has 1 heterocycles. The van der Waals surface area contributed by atoms with Crippen molar-refractivity contribution in [2.45, 2.75) is 38.8 Å². The van der Waals surface area contributed by atoms with Crippen LogP contribution in [0.15, 0.2) is 28.7 Å². The van der Waals surface area contributed by atoms with E-state index in [9.17, 15) is 0 Å². The molecule has 0 aliphatic rings. The van der Waals surface area contributed by atoms with Crippen LogP contribution in [0.25, 0.3) is 11.0 Å². The zero-order chi connectivity index (χ0) is 14.9. The molecule has 4 nitrogen and oxygen atoms in total. The van der Waals surface area contributed by atoms with Crippen molar-refractivity contribution in [1.82, 2.24) is 10.3 Å². The minimum absolute atomic E-state index is 0.0600. The van der Waals surface area contributed by atoms with Gasteiger partial charge in [0.25, 0.3) is 0 Å². The summed E-state index contributed by atoms with van der Waals surface area (Å²) in [6.07, 6.45) is 0.963. The summed E-state index contributed by atoms with van der Waals surface area (Å²) in [7, 11) is 4.14. The fourth-order valence-corrected chi connectivity index (χ4v) is 2.67. The standard InChI is InChI=1S/C16H25N3O/c1-6-16(3,19(4)5)15(18-17)14-10-12-9-11(2)7-8-13(12)20-14/h7-10,15,18H,6,17H2,1-5H3. The van der Waals surface area contributed by atoms with E-state index in [2.05, 4.69) is 63.4 Å². The third kappa shape index (κ3) is 2.46. The Morgan fingerprint density at radius 1 is 1.35 bits per heavy atom. The van der Waals surface area contributed by atoms with E-state index in [-0.39, 0.29) is 11.6 Å². The first-order valence-corrected chi connectivity index (χ1v) is 7.06. The van der Waals surface area contributed by atoms with Gasteiger partial charge in [0.15, 0.2) is 0 Å². The van der Waals surface area contributed by atoms with E-state index in [1.165, 1.54) is 5.56 Å². The topological polar surface area (TPSA) is 54.4 Å². The van der Waals surface area contributed by atoms with Gasteiger partial charge in [0.2, 0.25) is 0 Å². The molecule has 2 atom stereocenters. The van der Waals surface area contributed by atoms with Crippen LogP contribution in [0.3, 0.4) is 0 Å². The highest BCUT2D eigenvalue weighted by Crippen LogP contribution is 2.35. The lowest BCUT2D eigenvalue weighted by atomic mass is 9.86. The number of benzene rings is 1. The first-order chi connectivity index (χ1) is 9.42. The van der Waals surface area contributed by atoms with Gasteiger partial charge in [-0.1, -0.05) is 18.6 Å². The van der Waals surface area contributed by atoms with E-state index in [4.69, 9.17) is 10.3 Å². The highest BCUT2D eigenvalue weighted by Gasteiger charge is 2.37. The van der Waals surface area contributed by atoms with E-state index >= 15 is 0 Å². The maximum absolute atomic E-state index is 6.01. The molecule has 110 valence electrons. The molecule has 1 aromatic heterocycles. The molecule has 0 bridgehead atoms. The second-order valence-corrected chi connectivity index (χ2v) is 5.89. The molecule has 2 aromatic rings. The maximum Gasteiger partial charge on any atom is 0.134 e. The van der Waals surface area contributed by atoms with Gasteiger partial charge in [0, 0.05) is 10.9 Å². The Kier molecular flexibility index (Phi) is 4.18. The second-order valence-electron chi connectivity index (χ2n) is 5.89. The Morgan fingerprint density at radius 3 is 2.60 bits per heavy atom. The molecular weight excluding hydrogens is 250 g/mol. The fraction of sp³-hybridized carbons (Fsp3) is 0.500.